The molecule has 0 saturated carbocycles. The number of aliphatic hydroxyl groups excluding tert-OH is 1. The molecule has 2 N–H and O–H groups in total. The number of amides is 1. The minimum atomic E-state index is -0.529. The maximum Gasteiger partial charge on any atom is 0.259 e. The van der Waals surface area contributed by atoms with Crippen LogP contribution in [0.1, 0.15) is 12.5 Å². The summed E-state index contributed by atoms with van der Waals surface area (Å²) in [6.45, 7) is 1.83. The Balaban J connectivity index is 1.84. The average Bonchev–Trinajstić information content (AvgIpc) is 2.91. The lowest BCUT2D eigenvalue weighted by atomic mass is 10.0. The number of carbonyl (C=O) groups excluding carboxylic acids is 2. The molecule has 2 aromatic rings. The van der Waals surface area contributed by atoms with Crippen molar-refractivity contribution in [2.75, 3.05) is 6.54 Å². The molecule has 3 rings (SSSR count). The summed E-state index contributed by atoms with van der Waals surface area (Å²) in [4.78, 5) is 23.0. The molecule has 1 saturated heterocycles. The number of nitrogens with one attached hydrogen (secondary N) is 1. The van der Waals surface area contributed by atoms with Crippen LogP contribution in [-0.4, -0.2) is 23.3 Å². The molecule has 1 aliphatic heterocycles. The molecule has 120 valence electrons. The molecule has 1 amide bonds. The Morgan fingerprint density at radius 1 is 1.08 bits per heavy atom. The fourth-order valence-electron chi connectivity index (χ4n) is 2.63. The first kappa shape index (κ1) is 15.7. The molecule has 1 heterocycles. The molecule has 4 nitrogen and oxygen atoms in total. The number of carbonyl (C=O) groups is 2. The highest BCUT2D eigenvalue weighted by molar-refractivity contribution is 6.25. The van der Waals surface area contributed by atoms with Crippen molar-refractivity contribution in [3.8, 4) is 0 Å². The number of benzene rings is 2. The predicted molar refractivity (Wildman–Crippen MR) is 94.4 cm³/mol. The lowest BCUT2D eigenvalue weighted by Crippen LogP contribution is -2.14. The van der Waals surface area contributed by atoms with Gasteiger partial charge in [-0.1, -0.05) is 54.1 Å². The van der Waals surface area contributed by atoms with Crippen LogP contribution < -0.4 is 5.32 Å². The second kappa shape index (κ2) is 6.54. The SMILES string of the molecule is CC(/C=C/C(O)=C1\C(=O)CNC1=O)=C\c1ccc2ccccc2c1. The Kier molecular flexibility index (Phi) is 4.29. The zero-order valence-electron chi connectivity index (χ0n) is 13.2. The Bertz CT molecular complexity index is 901. The summed E-state index contributed by atoms with van der Waals surface area (Å²) >= 11 is 0. The Morgan fingerprint density at radius 3 is 2.54 bits per heavy atom. The maximum absolute atomic E-state index is 11.5. The van der Waals surface area contributed by atoms with Crippen molar-refractivity contribution in [1.29, 1.82) is 0 Å². The molecule has 2 aromatic carbocycles. The van der Waals surface area contributed by atoms with Gasteiger partial charge in [0.25, 0.3) is 5.91 Å². The highest BCUT2D eigenvalue weighted by atomic mass is 16.3. The molecule has 4 heteroatoms. The van der Waals surface area contributed by atoms with Gasteiger partial charge < -0.3 is 10.4 Å². The normalized spacial score (nSPS) is 17.6. The van der Waals surface area contributed by atoms with Crippen molar-refractivity contribution < 1.29 is 14.7 Å². The van der Waals surface area contributed by atoms with E-state index in [1.54, 1.807) is 6.08 Å². The van der Waals surface area contributed by atoms with Crippen LogP contribution in [0.5, 0.6) is 0 Å². The zero-order chi connectivity index (χ0) is 17.1. The standard InChI is InChI=1S/C20H17NO3/c1-13(6-9-17(22)19-18(23)12-21-20(19)24)10-14-7-8-15-4-2-3-5-16(15)11-14/h2-11,22H,12H2,1H3,(H,21,24)/b9-6+,13-10+,19-17-. The fourth-order valence-corrected chi connectivity index (χ4v) is 2.63. The molecule has 24 heavy (non-hydrogen) atoms. The summed E-state index contributed by atoms with van der Waals surface area (Å²) in [5.74, 6) is -1.22. The first-order valence-corrected chi connectivity index (χ1v) is 7.64. The number of ketones is 1. The van der Waals surface area contributed by atoms with Crippen LogP contribution in [0.15, 0.2) is 71.5 Å². The van der Waals surface area contributed by atoms with Crippen molar-refractivity contribution in [1.82, 2.24) is 5.32 Å². The van der Waals surface area contributed by atoms with E-state index in [9.17, 15) is 14.7 Å². The van der Waals surface area contributed by atoms with E-state index in [0.29, 0.717) is 0 Å². The zero-order valence-corrected chi connectivity index (χ0v) is 13.2. The van der Waals surface area contributed by atoms with E-state index in [1.165, 1.54) is 11.5 Å². The van der Waals surface area contributed by atoms with E-state index in [-0.39, 0.29) is 17.9 Å². The molecule has 0 radical (unpaired) electrons. The van der Waals surface area contributed by atoms with Gasteiger partial charge in [0.2, 0.25) is 0 Å². The van der Waals surface area contributed by atoms with E-state index in [4.69, 9.17) is 0 Å². The van der Waals surface area contributed by atoms with E-state index in [2.05, 4.69) is 29.6 Å². The summed E-state index contributed by atoms with van der Waals surface area (Å²) in [6, 6.07) is 14.3. The number of Topliss-reactive ketones (excluding diaryl/α,β-unsaturated/α-hetero) is 1. The molecule has 0 aromatic heterocycles. The van der Waals surface area contributed by atoms with E-state index >= 15 is 0 Å². The van der Waals surface area contributed by atoms with Crippen molar-refractivity contribution in [3.05, 3.63) is 77.1 Å². The van der Waals surface area contributed by atoms with Gasteiger partial charge in [-0.15, -0.1) is 0 Å². The minimum absolute atomic E-state index is 0.0576. The van der Waals surface area contributed by atoms with E-state index in [1.807, 2.05) is 31.2 Å². The maximum atomic E-state index is 11.5. The third-order valence-corrected chi connectivity index (χ3v) is 3.84. The smallest absolute Gasteiger partial charge is 0.259 e. The van der Waals surface area contributed by atoms with Gasteiger partial charge in [0.15, 0.2) is 5.78 Å². The summed E-state index contributed by atoms with van der Waals surface area (Å²) in [7, 11) is 0. The molecule has 0 bridgehead atoms. The van der Waals surface area contributed by atoms with Gasteiger partial charge in [0.05, 0.1) is 6.54 Å². The van der Waals surface area contributed by atoms with Crippen LogP contribution in [0.25, 0.3) is 16.8 Å². The molecular formula is C20H17NO3. The van der Waals surface area contributed by atoms with E-state index < -0.39 is 11.7 Å². The number of aliphatic hydroxyl groups is 1. The van der Waals surface area contributed by atoms with Gasteiger partial charge >= 0.3 is 0 Å². The van der Waals surface area contributed by atoms with Gasteiger partial charge in [0.1, 0.15) is 11.3 Å². The highest BCUT2D eigenvalue weighted by Gasteiger charge is 2.28. The number of hydrogen-bond acceptors (Lipinski definition) is 3. The van der Waals surface area contributed by atoms with Gasteiger partial charge in [0, 0.05) is 0 Å². The lowest BCUT2D eigenvalue weighted by Gasteiger charge is -2.01. The largest absolute Gasteiger partial charge is 0.507 e. The third-order valence-electron chi connectivity index (χ3n) is 3.84. The Morgan fingerprint density at radius 2 is 1.83 bits per heavy atom. The Labute approximate surface area is 139 Å². The summed E-state index contributed by atoms with van der Waals surface area (Å²) < 4.78 is 0. The number of allylic oxidation sites excluding steroid dienone is 3. The van der Waals surface area contributed by atoms with Gasteiger partial charge in [-0.25, -0.2) is 0 Å². The molecular weight excluding hydrogens is 302 g/mol. The van der Waals surface area contributed by atoms with Crippen LogP contribution in [0, 0.1) is 0 Å². The molecule has 0 atom stereocenters. The van der Waals surface area contributed by atoms with Crippen molar-refractivity contribution >= 4 is 28.5 Å². The first-order chi connectivity index (χ1) is 11.5. The molecule has 0 spiro atoms. The third kappa shape index (κ3) is 3.27. The predicted octanol–water partition coefficient (Wildman–Crippen LogP) is 3.31. The monoisotopic (exact) mass is 319 g/mol. The average molecular weight is 319 g/mol. The topological polar surface area (TPSA) is 66.4 Å². The first-order valence-electron chi connectivity index (χ1n) is 7.64. The minimum Gasteiger partial charge on any atom is -0.507 e. The lowest BCUT2D eigenvalue weighted by molar-refractivity contribution is -0.117. The quantitative estimate of drug-likeness (QED) is 0.395. The second-order valence-corrected chi connectivity index (χ2v) is 5.69. The van der Waals surface area contributed by atoms with Crippen LogP contribution in [0.4, 0.5) is 0 Å². The van der Waals surface area contributed by atoms with Crippen LogP contribution in [0.3, 0.4) is 0 Å². The van der Waals surface area contributed by atoms with Gasteiger partial charge in [-0.05, 0) is 35.4 Å². The molecule has 1 fully saturated rings. The number of fused-ring (bicyclic) bond motifs is 1. The summed E-state index contributed by atoms with van der Waals surface area (Å²) in [5, 5.41) is 14.7. The molecule has 1 aliphatic rings. The van der Waals surface area contributed by atoms with Crippen LogP contribution in [0.2, 0.25) is 0 Å². The fraction of sp³-hybridized carbons (Fsp3) is 0.100. The summed E-state index contributed by atoms with van der Waals surface area (Å²) in [5.41, 5.74) is 1.76. The van der Waals surface area contributed by atoms with Gasteiger partial charge in [-0.3, -0.25) is 9.59 Å². The van der Waals surface area contributed by atoms with Crippen molar-refractivity contribution in [2.45, 2.75) is 6.92 Å². The number of rotatable bonds is 3. The molecule has 0 unspecified atom stereocenters. The molecule has 0 aliphatic carbocycles. The van der Waals surface area contributed by atoms with Crippen molar-refractivity contribution in [3.63, 3.8) is 0 Å². The van der Waals surface area contributed by atoms with E-state index in [0.717, 1.165) is 16.5 Å². The Hall–Kier alpha value is -3.14. The van der Waals surface area contributed by atoms with Crippen molar-refractivity contribution in [2.24, 2.45) is 0 Å². The van der Waals surface area contributed by atoms with Crippen LogP contribution in [-0.2, 0) is 9.59 Å². The number of hydrogen-bond donors (Lipinski definition) is 2. The second-order valence-electron chi connectivity index (χ2n) is 5.69. The van der Waals surface area contributed by atoms with Crippen LogP contribution >= 0.6 is 0 Å². The highest BCUT2D eigenvalue weighted by Crippen LogP contribution is 2.18. The summed E-state index contributed by atoms with van der Waals surface area (Å²) in [6.07, 6.45) is 5.03. The van der Waals surface area contributed by atoms with Gasteiger partial charge in [-0.2, -0.15) is 0 Å².